The highest BCUT2D eigenvalue weighted by molar-refractivity contribution is 5.40. The first kappa shape index (κ1) is 13.1. The minimum atomic E-state index is -0.217. The van der Waals surface area contributed by atoms with Crippen molar-refractivity contribution < 1.29 is 5.11 Å². The summed E-state index contributed by atoms with van der Waals surface area (Å²) in [5.41, 5.74) is 0.874. The average molecular weight is 165 g/mol. The molecule has 0 aromatic carbocycles. The summed E-state index contributed by atoms with van der Waals surface area (Å²) in [4.78, 5) is 0. The van der Waals surface area contributed by atoms with Crippen LogP contribution in [0.4, 0.5) is 0 Å². The minimum absolute atomic E-state index is 0.160. The third-order valence-corrected chi connectivity index (χ3v) is 0.822. The molecule has 66 valence electrons. The quantitative estimate of drug-likeness (QED) is 0.388. The second-order valence-corrected chi connectivity index (χ2v) is 1.96. The normalized spacial score (nSPS) is 9.00. The Hall–Kier alpha value is -1.49. The van der Waals surface area contributed by atoms with Crippen molar-refractivity contribution in [3.8, 4) is 6.07 Å². The lowest BCUT2D eigenvalue weighted by atomic mass is 10.2. The Balaban J connectivity index is 0. The summed E-state index contributed by atoms with van der Waals surface area (Å²) in [6.45, 7) is 12.5. The Labute approximate surface area is 74.1 Å². The first-order valence-corrected chi connectivity index (χ1v) is 3.73. The molecule has 2 nitrogen and oxygen atoms in total. The molecule has 2 heteroatoms. The molecule has 1 N–H and O–H groups in total. The SMILES string of the molecule is C=C(C)/C=C(/C#N)C(=C)O.CC. The van der Waals surface area contributed by atoms with Gasteiger partial charge >= 0.3 is 0 Å². The van der Waals surface area contributed by atoms with E-state index in [0.717, 1.165) is 0 Å². The van der Waals surface area contributed by atoms with Gasteiger partial charge in [-0.1, -0.05) is 32.6 Å². The second-order valence-electron chi connectivity index (χ2n) is 1.96. The highest BCUT2D eigenvalue weighted by Crippen LogP contribution is 2.05. The predicted molar refractivity (Wildman–Crippen MR) is 51.6 cm³/mol. The zero-order chi connectivity index (χ0) is 10.1. The number of allylic oxidation sites excluding steroid dienone is 3. The van der Waals surface area contributed by atoms with Crippen LogP contribution in [0.5, 0.6) is 0 Å². The van der Waals surface area contributed by atoms with E-state index in [4.69, 9.17) is 10.4 Å². The molecule has 0 aliphatic carbocycles. The molecule has 0 aromatic heterocycles. The number of rotatable bonds is 2. The van der Waals surface area contributed by atoms with Gasteiger partial charge in [0.1, 0.15) is 11.8 Å². The molecule has 0 saturated carbocycles. The lowest BCUT2D eigenvalue weighted by Gasteiger charge is -1.92. The maximum atomic E-state index is 8.73. The van der Waals surface area contributed by atoms with Crippen LogP contribution in [0.25, 0.3) is 0 Å². The third kappa shape index (κ3) is 6.63. The van der Waals surface area contributed by atoms with E-state index in [2.05, 4.69) is 13.2 Å². The van der Waals surface area contributed by atoms with Crippen molar-refractivity contribution in [2.75, 3.05) is 0 Å². The van der Waals surface area contributed by atoms with Crippen LogP contribution in [0.15, 0.2) is 36.1 Å². The van der Waals surface area contributed by atoms with Gasteiger partial charge in [-0.25, -0.2) is 0 Å². The topological polar surface area (TPSA) is 44.0 Å². The summed E-state index contributed by atoms with van der Waals surface area (Å²) in [5, 5.41) is 17.1. The van der Waals surface area contributed by atoms with Crippen LogP contribution in [0, 0.1) is 11.3 Å². The van der Waals surface area contributed by atoms with Crippen molar-refractivity contribution in [3.63, 3.8) is 0 Å². The van der Waals surface area contributed by atoms with Crippen LogP contribution in [0.3, 0.4) is 0 Å². The first-order chi connectivity index (χ1) is 5.57. The summed E-state index contributed by atoms with van der Waals surface area (Å²) >= 11 is 0. The largest absolute Gasteiger partial charge is 0.507 e. The van der Waals surface area contributed by atoms with Gasteiger partial charge in [0.2, 0.25) is 0 Å². The van der Waals surface area contributed by atoms with E-state index < -0.39 is 0 Å². The van der Waals surface area contributed by atoms with Crippen LogP contribution >= 0.6 is 0 Å². The van der Waals surface area contributed by atoms with Crippen LogP contribution in [0.1, 0.15) is 20.8 Å². The van der Waals surface area contributed by atoms with Crippen LogP contribution in [-0.2, 0) is 0 Å². The van der Waals surface area contributed by atoms with E-state index in [1.807, 2.05) is 13.8 Å². The fourth-order valence-corrected chi connectivity index (χ4v) is 0.427. The minimum Gasteiger partial charge on any atom is -0.507 e. The maximum Gasteiger partial charge on any atom is 0.126 e. The van der Waals surface area contributed by atoms with Crippen molar-refractivity contribution in [1.82, 2.24) is 0 Å². The van der Waals surface area contributed by atoms with Crippen molar-refractivity contribution >= 4 is 0 Å². The lowest BCUT2D eigenvalue weighted by Crippen LogP contribution is -1.82. The Morgan fingerprint density at radius 3 is 1.92 bits per heavy atom. The molecular weight excluding hydrogens is 150 g/mol. The van der Waals surface area contributed by atoms with Gasteiger partial charge in [0.15, 0.2) is 0 Å². The molecule has 0 amide bonds. The van der Waals surface area contributed by atoms with E-state index in [0.29, 0.717) is 5.57 Å². The van der Waals surface area contributed by atoms with Crippen LogP contribution < -0.4 is 0 Å². The monoisotopic (exact) mass is 165 g/mol. The Bertz CT molecular complexity index is 231. The summed E-state index contributed by atoms with van der Waals surface area (Å²) in [6, 6.07) is 1.78. The highest BCUT2D eigenvalue weighted by atomic mass is 16.3. The molecule has 0 aliphatic heterocycles. The first-order valence-electron chi connectivity index (χ1n) is 3.73. The molecule has 0 radical (unpaired) electrons. The summed E-state index contributed by atoms with van der Waals surface area (Å²) in [5.74, 6) is -0.217. The molecule has 0 atom stereocenters. The van der Waals surface area contributed by atoms with Crippen molar-refractivity contribution in [3.05, 3.63) is 36.1 Å². The number of aliphatic hydroxyl groups excluding tert-OH is 1. The lowest BCUT2D eigenvalue weighted by molar-refractivity contribution is 0.430. The highest BCUT2D eigenvalue weighted by Gasteiger charge is 1.96. The average Bonchev–Trinajstić information content (AvgIpc) is 2.03. The smallest absolute Gasteiger partial charge is 0.126 e. The second kappa shape index (κ2) is 7.62. The predicted octanol–water partition coefficient (Wildman–Crippen LogP) is 3.11. The van der Waals surface area contributed by atoms with E-state index in [9.17, 15) is 0 Å². The Morgan fingerprint density at radius 2 is 1.83 bits per heavy atom. The fourth-order valence-electron chi connectivity index (χ4n) is 0.427. The molecule has 0 aromatic rings. The maximum absolute atomic E-state index is 8.73. The summed E-state index contributed by atoms with van der Waals surface area (Å²) in [6.07, 6.45) is 1.47. The molecule has 0 spiro atoms. The number of nitrogens with zero attached hydrogens (tertiary/aromatic N) is 1. The van der Waals surface area contributed by atoms with E-state index in [1.165, 1.54) is 6.08 Å². The number of nitriles is 1. The molecule has 0 fully saturated rings. The van der Waals surface area contributed by atoms with E-state index >= 15 is 0 Å². The van der Waals surface area contributed by atoms with Crippen LogP contribution in [-0.4, -0.2) is 5.11 Å². The zero-order valence-electron chi connectivity index (χ0n) is 7.89. The fraction of sp³-hybridized carbons (Fsp3) is 0.300. The Morgan fingerprint density at radius 1 is 1.42 bits per heavy atom. The molecular formula is C10H15NO. The van der Waals surface area contributed by atoms with Gasteiger partial charge in [-0.15, -0.1) is 0 Å². The van der Waals surface area contributed by atoms with Gasteiger partial charge in [0.25, 0.3) is 0 Å². The molecule has 0 heterocycles. The van der Waals surface area contributed by atoms with Crippen LogP contribution in [0.2, 0.25) is 0 Å². The van der Waals surface area contributed by atoms with Gasteiger partial charge in [-0.05, 0) is 13.0 Å². The molecule has 0 unspecified atom stereocenters. The number of aliphatic hydroxyl groups is 1. The van der Waals surface area contributed by atoms with Gasteiger partial charge in [-0.2, -0.15) is 5.26 Å². The van der Waals surface area contributed by atoms with Gasteiger partial charge in [0.05, 0.1) is 5.57 Å². The molecule has 12 heavy (non-hydrogen) atoms. The van der Waals surface area contributed by atoms with E-state index in [1.54, 1.807) is 13.0 Å². The molecule has 0 bridgehead atoms. The standard InChI is InChI=1S/C8H9NO.C2H6/c1-6(2)4-8(5-9)7(3)10;1-2/h4,10H,1,3H2,2H3;1-2H3/b8-4-;. The van der Waals surface area contributed by atoms with Gasteiger partial charge in [0, 0.05) is 0 Å². The van der Waals surface area contributed by atoms with Crippen molar-refractivity contribution in [2.45, 2.75) is 20.8 Å². The summed E-state index contributed by atoms with van der Waals surface area (Å²) < 4.78 is 0. The number of hydrogen-bond acceptors (Lipinski definition) is 2. The third-order valence-electron chi connectivity index (χ3n) is 0.822. The number of hydrogen-bond donors (Lipinski definition) is 1. The van der Waals surface area contributed by atoms with Gasteiger partial charge in [-0.3, -0.25) is 0 Å². The molecule has 0 saturated heterocycles. The summed E-state index contributed by atoms with van der Waals surface area (Å²) in [7, 11) is 0. The van der Waals surface area contributed by atoms with E-state index in [-0.39, 0.29) is 11.3 Å². The zero-order valence-corrected chi connectivity index (χ0v) is 7.89. The van der Waals surface area contributed by atoms with Crippen molar-refractivity contribution in [1.29, 1.82) is 5.26 Å². The molecule has 0 aliphatic rings. The van der Waals surface area contributed by atoms with Crippen molar-refractivity contribution in [2.24, 2.45) is 0 Å². The molecule has 0 rings (SSSR count). The van der Waals surface area contributed by atoms with Gasteiger partial charge < -0.3 is 5.11 Å². The Kier molecular flexibility index (Phi) is 8.33.